The average molecular weight is 291 g/mol. The van der Waals surface area contributed by atoms with E-state index in [0.717, 1.165) is 36.5 Å². The first-order valence-electron chi connectivity index (χ1n) is 6.91. The number of methoxy groups -OCH3 is 1. The van der Waals surface area contributed by atoms with E-state index >= 15 is 0 Å². The SMILES string of the molecule is COC1CN(Cc2cn[nH]c2-c2ccc(F)cc2)CCO1. The molecule has 0 aliphatic carbocycles. The topological polar surface area (TPSA) is 50.4 Å². The summed E-state index contributed by atoms with van der Waals surface area (Å²) in [6, 6.07) is 6.42. The molecule has 0 radical (unpaired) electrons. The molecule has 112 valence electrons. The maximum Gasteiger partial charge on any atom is 0.169 e. The maximum absolute atomic E-state index is 13.0. The molecule has 2 aromatic rings. The molecule has 21 heavy (non-hydrogen) atoms. The zero-order chi connectivity index (χ0) is 14.7. The minimum atomic E-state index is -0.240. The van der Waals surface area contributed by atoms with E-state index in [4.69, 9.17) is 9.47 Å². The minimum Gasteiger partial charge on any atom is -0.355 e. The van der Waals surface area contributed by atoms with Gasteiger partial charge in [0.05, 0.1) is 18.5 Å². The first-order chi connectivity index (χ1) is 10.3. The van der Waals surface area contributed by atoms with Crippen molar-refractivity contribution in [3.05, 3.63) is 41.8 Å². The summed E-state index contributed by atoms with van der Waals surface area (Å²) in [7, 11) is 1.65. The molecule has 1 aromatic carbocycles. The lowest BCUT2D eigenvalue weighted by atomic mass is 10.1. The van der Waals surface area contributed by atoms with Crippen LogP contribution in [0.25, 0.3) is 11.3 Å². The van der Waals surface area contributed by atoms with Crippen LogP contribution in [0, 0.1) is 5.82 Å². The van der Waals surface area contributed by atoms with E-state index in [-0.39, 0.29) is 12.1 Å². The highest BCUT2D eigenvalue weighted by molar-refractivity contribution is 5.62. The number of rotatable bonds is 4. The number of nitrogens with one attached hydrogen (secondary N) is 1. The zero-order valence-corrected chi connectivity index (χ0v) is 11.9. The number of aromatic amines is 1. The van der Waals surface area contributed by atoms with Crippen molar-refractivity contribution in [2.24, 2.45) is 0 Å². The van der Waals surface area contributed by atoms with Gasteiger partial charge in [0, 0.05) is 37.9 Å². The number of halogens is 1. The smallest absolute Gasteiger partial charge is 0.169 e. The molecule has 0 saturated carbocycles. The van der Waals surface area contributed by atoms with Crippen LogP contribution in [0.4, 0.5) is 4.39 Å². The van der Waals surface area contributed by atoms with Crippen molar-refractivity contribution in [1.29, 1.82) is 0 Å². The molecule has 1 aliphatic heterocycles. The summed E-state index contributed by atoms with van der Waals surface area (Å²) in [5, 5.41) is 7.11. The Morgan fingerprint density at radius 1 is 1.43 bits per heavy atom. The lowest BCUT2D eigenvalue weighted by Crippen LogP contribution is -2.42. The van der Waals surface area contributed by atoms with Crippen LogP contribution in [0.5, 0.6) is 0 Å². The fourth-order valence-corrected chi connectivity index (χ4v) is 2.49. The first-order valence-corrected chi connectivity index (χ1v) is 6.91. The maximum atomic E-state index is 13.0. The first kappa shape index (κ1) is 14.2. The summed E-state index contributed by atoms with van der Waals surface area (Å²) in [5.41, 5.74) is 2.94. The Labute approximate surface area is 122 Å². The van der Waals surface area contributed by atoms with Gasteiger partial charge in [0.15, 0.2) is 6.29 Å². The number of ether oxygens (including phenoxy) is 2. The second kappa shape index (κ2) is 6.34. The second-order valence-electron chi connectivity index (χ2n) is 5.05. The normalized spacial score (nSPS) is 19.8. The van der Waals surface area contributed by atoms with Gasteiger partial charge in [-0.1, -0.05) is 0 Å². The third-order valence-corrected chi connectivity index (χ3v) is 3.63. The summed E-state index contributed by atoms with van der Waals surface area (Å²) < 4.78 is 23.7. The average Bonchev–Trinajstić information content (AvgIpc) is 2.96. The Morgan fingerprint density at radius 3 is 3.00 bits per heavy atom. The van der Waals surface area contributed by atoms with Crippen LogP contribution in [0.2, 0.25) is 0 Å². The van der Waals surface area contributed by atoms with Crippen LogP contribution >= 0.6 is 0 Å². The molecule has 0 bridgehead atoms. The number of H-pyrrole nitrogens is 1. The summed E-state index contributed by atoms with van der Waals surface area (Å²) in [6.45, 7) is 2.99. The van der Waals surface area contributed by atoms with Crippen molar-refractivity contribution in [3.8, 4) is 11.3 Å². The molecule has 1 N–H and O–H groups in total. The highest BCUT2D eigenvalue weighted by Gasteiger charge is 2.21. The highest BCUT2D eigenvalue weighted by Crippen LogP contribution is 2.23. The van der Waals surface area contributed by atoms with Gasteiger partial charge >= 0.3 is 0 Å². The predicted molar refractivity (Wildman–Crippen MR) is 76.0 cm³/mol. The van der Waals surface area contributed by atoms with E-state index < -0.39 is 0 Å². The van der Waals surface area contributed by atoms with E-state index in [1.54, 1.807) is 19.2 Å². The third kappa shape index (κ3) is 3.29. The van der Waals surface area contributed by atoms with E-state index in [0.29, 0.717) is 6.61 Å². The Balaban J connectivity index is 1.75. The van der Waals surface area contributed by atoms with Crippen LogP contribution in [0.1, 0.15) is 5.56 Å². The van der Waals surface area contributed by atoms with Crippen molar-refractivity contribution >= 4 is 0 Å². The Morgan fingerprint density at radius 2 is 2.24 bits per heavy atom. The molecule has 0 spiro atoms. The zero-order valence-electron chi connectivity index (χ0n) is 11.9. The Bertz CT molecular complexity index is 585. The molecule has 3 rings (SSSR count). The number of morpholine rings is 1. The highest BCUT2D eigenvalue weighted by atomic mass is 19.1. The monoisotopic (exact) mass is 291 g/mol. The van der Waals surface area contributed by atoms with Gasteiger partial charge in [-0.15, -0.1) is 0 Å². The molecule has 1 unspecified atom stereocenters. The van der Waals surface area contributed by atoms with Crippen LogP contribution in [-0.4, -0.2) is 48.2 Å². The number of hydrogen-bond donors (Lipinski definition) is 1. The van der Waals surface area contributed by atoms with Crippen molar-refractivity contribution in [1.82, 2.24) is 15.1 Å². The van der Waals surface area contributed by atoms with Crippen molar-refractivity contribution in [2.45, 2.75) is 12.8 Å². The van der Waals surface area contributed by atoms with Crippen molar-refractivity contribution in [3.63, 3.8) is 0 Å². The molecule has 1 saturated heterocycles. The van der Waals surface area contributed by atoms with E-state index in [2.05, 4.69) is 15.1 Å². The van der Waals surface area contributed by atoms with E-state index in [1.165, 1.54) is 12.1 Å². The molecule has 6 heteroatoms. The minimum absolute atomic E-state index is 0.181. The molecule has 1 aliphatic rings. The Kier molecular flexibility index (Phi) is 4.28. The summed E-state index contributed by atoms with van der Waals surface area (Å²) >= 11 is 0. The van der Waals surface area contributed by atoms with Gasteiger partial charge in [-0.2, -0.15) is 5.10 Å². The van der Waals surface area contributed by atoms with Gasteiger partial charge in [0.1, 0.15) is 5.82 Å². The number of hydrogen-bond acceptors (Lipinski definition) is 4. The number of benzene rings is 1. The van der Waals surface area contributed by atoms with E-state index in [9.17, 15) is 4.39 Å². The molecule has 1 fully saturated rings. The van der Waals surface area contributed by atoms with Crippen LogP contribution in [0.15, 0.2) is 30.5 Å². The lowest BCUT2D eigenvalue weighted by Gasteiger charge is -2.31. The molecule has 1 aromatic heterocycles. The fraction of sp³-hybridized carbons (Fsp3) is 0.400. The lowest BCUT2D eigenvalue weighted by molar-refractivity contribution is -0.165. The van der Waals surface area contributed by atoms with Crippen LogP contribution in [-0.2, 0) is 16.0 Å². The molecule has 2 heterocycles. The van der Waals surface area contributed by atoms with Gasteiger partial charge in [-0.05, 0) is 24.3 Å². The van der Waals surface area contributed by atoms with Gasteiger partial charge in [0.25, 0.3) is 0 Å². The van der Waals surface area contributed by atoms with Crippen LogP contribution < -0.4 is 0 Å². The fourth-order valence-electron chi connectivity index (χ4n) is 2.49. The molecule has 0 amide bonds. The van der Waals surface area contributed by atoms with E-state index in [1.807, 2.05) is 6.20 Å². The van der Waals surface area contributed by atoms with Crippen molar-refractivity contribution < 1.29 is 13.9 Å². The quantitative estimate of drug-likeness (QED) is 0.936. The Hall–Kier alpha value is -1.76. The third-order valence-electron chi connectivity index (χ3n) is 3.63. The number of aromatic nitrogens is 2. The molecular weight excluding hydrogens is 273 g/mol. The molecular formula is C15H18FN3O2. The largest absolute Gasteiger partial charge is 0.355 e. The van der Waals surface area contributed by atoms with Crippen LogP contribution in [0.3, 0.4) is 0 Å². The standard InChI is InChI=1S/C15H18FN3O2/c1-20-14-10-19(6-7-21-14)9-12-8-17-18-15(12)11-2-4-13(16)5-3-11/h2-5,8,14H,6-7,9-10H2,1H3,(H,17,18). The summed E-state index contributed by atoms with van der Waals surface area (Å²) in [4.78, 5) is 2.26. The van der Waals surface area contributed by atoms with Gasteiger partial charge in [-0.25, -0.2) is 4.39 Å². The molecule has 5 nitrogen and oxygen atoms in total. The van der Waals surface area contributed by atoms with Gasteiger partial charge in [-0.3, -0.25) is 10.00 Å². The predicted octanol–water partition coefficient (Wildman–Crippen LogP) is 2.02. The van der Waals surface area contributed by atoms with Gasteiger partial charge in [0.2, 0.25) is 0 Å². The summed E-state index contributed by atoms with van der Waals surface area (Å²) in [6.07, 6.45) is 1.63. The summed E-state index contributed by atoms with van der Waals surface area (Å²) in [5.74, 6) is -0.240. The second-order valence-corrected chi connectivity index (χ2v) is 5.05. The molecule has 1 atom stereocenters. The number of nitrogens with zero attached hydrogens (tertiary/aromatic N) is 2. The van der Waals surface area contributed by atoms with Gasteiger partial charge < -0.3 is 9.47 Å². The van der Waals surface area contributed by atoms with Crippen molar-refractivity contribution in [2.75, 3.05) is 26.8 Å².